The lowest BCUT2D eigenvalue weighted by molar-refractivity contribution is 0.117. The molecule has 1 aromatic carbocycles. The van der Waals surface area contributed by atoms with E-state index >= 15 is 0 Å². The van der Waals surface area contributed by atoms with Gasteiger partial charge in [-0.2, -0.15) is 0 Å². The zero-order valence-electron chi connectivity index (χ0n) is 13.4. The number of benzene rings is 1. The van der Waals surface area contributed by atoms with Crippen molar-refractivity contribution in [2.45, 2.75) is 25.9 Å². The van der Waals surface area contributed by atoms with Crippen LogP contribution in [-0.2, 0) is 4.74 Å². The van der Waals surface area contributed by atoms with Gasteiger partial charge in [-0.1, -0.05) is 23.7 Å². The Morgan fingerprint density at radius 2 is 2.22 bits per heavy atom. The third-order valence-electron chi connectivity index (χ3n) is 3.31. The van der Waals surface area contributed by atoms with E-state index in [9.17, 15) is 0 Å². The predicted octanol–water partition coefficient (Wildman–Crippen LogP) is 3.07. The van der Waals surface area contributed by atoms with Crippen LogP contribution in [0, 0.1) is 0 Å². The molecule has 1 heterocycles. The van der Waals surface area contributed by atoms with Gasteiger partial charge < -0.3 is 20.1 Å². The Bertz CT molecular complexity index is 482. The summed E-state index contributed by atoms with van der Waals surface area (Å²) in [5.41, 5.74) is 0. The molecule has 1 fully saturated rings. The third kappa shape index (κ3) is 7.58. The lowest BCUT2D eigenvalue weighted by Crippen LogP contribution is -2.39. The van der Waals surface area contributed by atoms with Gasteiger partial charge in [-0.3, -0.25) is 4.99 Å². The Hall–Kier alpha value is -0.730. The quantitative estimate of drug-likeness (QED) is 0.288. The summed E-state index contributed by atoms with van der Waals surface area (Å²) in [7, 11) is 0. The zero-order valence-corrected chi connectivity index (χ0v) is 16.5. The number of guanidine groups is 1. The Morgan fingerprint density at radius 1 is 1.39 bits per heavy atom. The number of nitrogens with one attached hydrogen (secondary N) is 2. The van der Waals surface area contributed by atoms with Crippen LogP contribution in [0.4, 0.5) is 0 Å². The molecule has 5 nitrogen and oxygen atoms in total. The standard InChI is InChI=1S/C16H24ClN3O2.HI/c1-2-18-16(20-12-13-6-5-10-21-13)19-9-11-22-15-8-4-3-7-14(15)17;/h3-4,7-8,13H,2,5-6,9-12H2,1H3,(H2,18,19,20);1H. The van der Waals surface area contributed by atoms with Crippen molar-refractivity contribution in [2.75, 3.05) is 32.8 Å². The molecule has 0 radical (unpaired) electrons. The second-order valence-electron chi connectivity index (χ2n) is 5.06. The fourth-order valence-electron chi connectivity index (χ4n) is 2.22. The minimum absolute atomic E-state index is 0. The second-order valence-corrected chi connectivity index (χ2v) is 5.47. The molecule has 0 aliphatic carbocycles. The summed E-state index contributed by atoms with van der Waals surface area (Å²) in [6, 6.07) is 7.47. The highest BCUT2D eigenvalue weighted by Crippen LogP contribution is 2.22. The third-order valence-corrected chi connectivity index (χ3v) is 3.62. The summed E-state index contributed by atoms with van der Waals surface area (Å²) in [4.78, 5) is 4.55. The molecule has 1 aliphatic heterocycles. The number of rotatable bonds is 7. The van der Waals surface area contributed by atoms with E-state index in [4.69, 9.17) is 21.1 Å². The first-order valence-corrected chi connectivity index (χ1v) is 8.18. The topological polar surface area (TPSA) is 54.9 Å². The second kappa shape index (κ2) is 11.8. The molecule has 2 N–H and O–H groups in total. The van der Waals surface area contributed by atoms with Crippen LogP contribution in [0.25, 0.3) is 0 Å². The maximum Gasteiger partial charge on any atom is 0.191 e. The van der Waals surface area contributed by atoms with Crippen LogP contribution in [0.1, 0.15) is 19.8 Å². The van der Waals surface area contributed by atoms with Crippen molar-refractivity contribution in [3.63, 3.8) is 0 Å². The fraction of sp³-hybridized carbons (Fsp3) is 0.562. The molecule has 23 heavy (non-hydrogen) atoms. The molecular weight excluding hydrogens is 429 g/mol. The van der Waals surface area contributed by atoms with Crippen LogP contribution in [-0.4, -0.2) is 44.9 Å². The zero-order chi connectivity index (χ0) is 15.6. The van der Waals surface area contributed by atoms with Crippen LogP contribution in [0.15, 0.2) is 29.3 Å². The summed E-state index contributed by atoms with van der Waals surface area (Å²) in [5.74, 6) is 1.49. The van der Waals surface area contributed by atoms with Gasteiger partial charge in [0.15, 0.2) is 5.96 Å². The Labute approximate surface area is 160 Å². The van der Waals surface area contributed by atoms with Gasteiger partial charge in [-0.05, 0) is 31.9 Å². The summed E-state index contributed by atoms with van der Waals surface area (Å²) < 4.78 is 11.2. The number of aliphatic imine (C=N–C) groups is 1. The number of halogens is 2. The highest BCUT2D eigenvalue weighted by Gasteiger charge is 2.14. The molecule has 0 amide bonds. The lowest BCUT2D eigenvalue weighted by Gasteiger charge is -2.13. The molecule has 1 saturated heterocycles. The fourth-order valence-corrected chi connectivity index (χ4v) is 2.41. The molecule has 2 rings (SSSR count). The van der Waals surface area contributed by atoms with Crippen molar-refractivity contribution in [1.82, 2.24) is 10.6 Å². The average molecular weight is 454 g/mol. The molecule has 0 bridgehead atoms. The monoisotopic (exact) mass is 453 g/mol. The smallest absolute Gasteiger partial charge is 0.191 e. The van der Waals surface area contributed by atoms with Crippen LogP contribution in [0.3, 0.4) is 0 Å². The number of nitrogens with zero attached hydrogens (tertiary/aromatic N) is 1. The number of hydrogen-bond acceptors (Lipinski definition) is 3. The van der Waals surface area contributed by atoms with Crippen molar-refractivity contribution in [3.8, 4) is 5.75 Å². The molecule has 130 valence electrons. The summed E-state index contributed by atoms with van der Waals surface area (Å²) >= 11 is 6.04. The molecule has 1 aromatic rings. The molecule has 1 aliphatic rings. The van der Waals surface area contributed by atoms with Gasteiger partial charge in [0.1, 0.15) is 12.4 Å². The van der Waals surface area contributed by atoms with Gasteiger partial charge in [0.25, 0.3) is 0 Å². The molecular formula is C16H25ClIN3O2. The SMILES string of the molecule is CCNC(=NCC1CCCO1)NCCOc1ccccc1Cl.I. The summed E-state index contributed by atoms with van der Waals surface area (Å²) in [6.07, 6.45) is 2.49. The average Bonchev–Trinajstić information content (AvgIpc) is 3.04. The molecule has 0 aromatic heterocycles. The van der Waals surface area contributed by atoms with E-state index in [1.807, 2.05) is 31.2 Å². The summed E-state index contributed by atoms with van der Waals surface area (Å²) in [6.45, 7) is 5.60. The van der Waals surface area contributed by atoms with Crippen molar-refractivity contribution < 1.29 is 9.47 Å². The van der Waals surface area contributed by atoms with Gasteiger partial charge in [0, 0.05) is 13.2 Å². The van der Waals surface area contributed by atoms with E-state index in [0.29, 0.717) is 30.5 Å². The Balaban J connectivity index is 0.00000264. The van der Waals surface area contributed by atoms with E-state index < -0.39 is 0 Å². The number of para-hydroxylation sites is 1. The first-order chi connectivity index (χ1) is 10.8. The molecule has 0 saturated carbocycles. The molecule has 7 heteroatoms. The largest absolute Gasteiger partial charge is 0.490 e. The van der Waals surface area contributed by atoms with Gasteiger partial charge >= 0.3 is 0 Å². The molecule has 0 spiro atoms. The van der Waals surface area contributed by atoms with Crippen LogP contribution in [0.5, 0.6) is 5.75 Å². The van der Waals surface area contributed by atoms with E-state index in [2.05, 4.69) is 15.6 Å². The van der Waals surface area contributed by atoms with Crippen LogP contribution in [0.2, 0.25) is 5.02 Å². The van der Waals surface area contributed by atoms with Gasteiger partial charge in [0.2, 0.25) is 0 Å². The van der Waals surface area contributed by atoms with Crippen molar-refractivity contribution >= 4 is 41.5 Å². The van der Waals surface area contributed by atoms with Crippen LogP contribution >= 0.6 is 35.6 Å². The van der Waals surface area contributed by atoms with Gasteiger partial charge in [-0.25, -0.2) is 0 Å². The predicted molar refractivity (Wildman–Crippen MR) is 105 cm³/mol. The number of hydrogen-bond donors (Lipinski definition) is 2. The van der Waals surface area contributed by atoms with E-state index in [-0.39, 0.29) is 30.1 Å². The maximum atomic E-state index is 6.04. The highest BCUT2D eigenvalue weighted by molar-refractivity contribution is 14.0. The Morgan fingerprint density at radius 3 is 2.91 bits per heavy atom. The molecule has 1 atom stereocenters. The first-order valence-electron chi connectivity index (χ1n) is 7.80. The van der Waals surface area contributed by atoms with Crippen LogP contribution < -0.4 is 15.4 Å². The van der Waals surface area contributed by atoms with E-state index in [0.717, 1.165) is 32.0 Å². The van der Waals surface area contributed by atoms with Gasteiger partial charge in [0.05, 0.1) is 24.2 Å². The lowest BCUT2D eigenvalue weighted by atomic mass is 10.2. The normalized spacial score (nSPS) is 17.5. The van der Waals surface area contributed by atoms with E-state index in [1.54, 1.807) is 0 Å². The summed E-state index contributed by atoms with van der Waals surface area (Å²) in [5, 5.41) is 7.09. The first kappa shape index (κ1) is 20.3. The van der Waals surface area contributed by atoms with E-state index in [1.165, 1.54) is 0 Å². The minimum atomic E-state index is 0. The van der Waals surface area contributed by atoms with Crippen molar-refractivity contribution in [2.24, 2.45) is 4.99 Å². The molecule has 1 unspecified atom stereocenters. The van der Waals surface area contributed by atoms with Crippen molar-refractivity contribution in [3.05, 3.63) is 29.3 Å². The number of ether oxygens (including phenoxy) is 2. The highest BCUT2D eigenvalue weighted by atomic mass is 127. The van der Waals surface area contributed by atoms with Gasteiger partial charge in [-0.15, -0.1) is 24.0 Å². The minimum Gasteiger partial charge on any atom is -0.490 e. The maximum absolute atomic E-state index is 6.04. The van der Waals surface area contributed by atoms with Crippen molar-refractivity contribution in [1.29, 1.82) is 0 Å². The Kier molecular flexibility index (Phi) is 10.4.